The van der Waals surface area contributed by atoms with Crippen LogP contribution < -0.4 is 24.8 Å². The number of ether oxygens (including phenoxy) is 3. The van der Waals surface area contributed by atoms with Gasteiger partial charge in [0.1, 0.15) is 0 Å². The third-order valence-corrected chi connectivity index (χ3v) is 5.45. The van der Waals surface area contributed by atoms with Crippen molar-refractivity contribution in [1.82, 2.24) is 10.6 Å². The SMILES string of the molecule is CCC1(CNC(=NC)NCc2cc(OC)c(OC)c(OC)c2)CCCC1. The Hall–Kier alpha value is -2.11. The van der Waals surface area contributed by atoms with Gasteiger partial charge in [0.25, 0.3) is 0 Å². The predicted octanol–water partition coefficient (Wildman–Crippen LogP) is 3.35. The molecule has 1 aromatic rings. The van der Waals surface area contributed by atoms with E-state index < -0.39 is 0 Å². The Balaban J connectivity index is 1.99. The summed E-state index contributed by atoms with van der Waals surface area (Å²) in [5.41, 5.74) is 1.46. The molecule has 0 bridgehead atoms. The molecule has 1 saturated carbocycles. The molecule has 1 aliphatic rings. The smallest absolute Gasteiger partial charge is 0.203 e. The van der Waals surface area contributed by atoms with Gasteiger partial charge in [0, 0.05) is 20.1 Å². The van der Waals surface area contributed by atoms with E-state index in [0.717, 1.165) is 18.1 Å². The first-order valence-electron chi connectivity index (χ1n) is 9.34. The summed E-state index contributed by atoms with van der Waals surface area (Å²) >= 11 is 0. The van der Waals surface area contributed by atoms with Crippen LogP contribution >= 0.6 is 0 Å². The first-order valence-corrected chi connectivity index (χ1v) is 9.34. The first-order chi connectivity index (χ1) is 12.6. The maximum atomic E-state index is 5.42. The van der Waals surface area contributed by atoms with Gasteiger partial charge in [-0.25, -0.2) is 0 Å². The second-order valence-corrected chi connectivity index (χ2v) is 6.87. The third kappa shape index (κ3) is 4.74. The van der Waals surface area contributed by atoms with Gasteiger partial charge in [-0.15, -0.1) is 0 Å². The molecule has 0 spiro atoms. The fraction of sp³-hybridized carbons (Fsp3) is 0.650. The van der Waals surface area contributed by atoms with Gasteiger partial charge in [-0.1, -0.05) is 19.8 Å². The van der Waals surface area contributed by atoms with Crippen LogP contribution in [-0.4, -0.2) is 40.9 Å². The molecule has 0 radical (unpaired) electrons. The summed E-state index contributed by atoms with van der Waals surface area (Å²) in [7, 11) is 6.66. The normalized spacial score (nSPS) is 16.3. The van der Waals surface area contributed by atoms with Crippen LogP contribution in [0.1, 0.15) is 44.6 Å². The first kappa shape index (κ1) is 20.2. The highest BCUT2D eigenvalue weighted by molar-refractivity contribution is 5.79. The van der Waals surface area contributed by atoms with E-state index in [1.165, 1.54) is 32.1 Å². The number of methoxy groups -OCH3 is 3. The second-order valence-electron chi connectivity index (χ2n) is 6.87. The summed E-state index contributed by atoms with van der Waals surface area (Å²) in [6.45, 7) is 3.88. The molecule has 1 aliphatic carbocycles. The number of aliphatic imine (C=N–C) groups is 1. The number of guanidine groups is 1. The standard InChI is InChI=1S/C20H33N3O3/c1-6-20(9-7-8-10-20)14-23-19(21-2)22-13-15-11-16(24-3)18(26-5)17(12-15)25-4/h11-12H,6-10,13-14H2,1-5H3,(H2,21,22,23). The van der Waals surface area contributed by atoms with Crippen LogP contribution in [-0.2, 0) is 6.54 Å². The lowest BCUT2D eigenvalue weighted by molar-refractivity contribution is 0.283. The van der Waals surface area contributed by atoms with Gasteiger partial charge in [-0.05, 0) is 42.4 Å². The lowest BCUT2D eigenvalue weighted by Crippen LogP contribution is -2.42. The van der Waals surface area contributed by atoms with Crippen LogP contribution in [0, 0.1) is 5.41 Å². The Morgan fingerprint density at radius 3 is 2.12 bits per heavy atom. The Kier molecular flexibility index (Phi) is 7.42. The van der Waals surface area contributed by atoms with Crippen molar-refractivity contribution < 1.29 is 14.2 Å². The summed E-state index contributed by atoms with van der Waals surface area (Å²) < 4.78 is 16.2. The van der Waals surface area contributed by atoms with E-state index in [9.17, 15) is 0 Å². The Morgan fingerprint density at radius 2 is 1.65 bits per heavy atom. The van der Waals surface area contributed by atoms with E-state index in [2.05, 4.69) is 22.5 Å². The van der Waals surface area contributed by atoms with Crippen molar-refractivity contribution in [2.45, 2.75) is 45.6 Å². The van der Waals surface area contributed by atoms with Gasteiger partial charge in [0.2, 0.25) is 5.75 Å². The highest BCUT2D eigenvalue weighted by atomic mass is 16.5. The molecule has 1 fully saturated rings. The summed E-state index contributed by atoms with van der Waals surface area (Å²) in [6, 6.07) is 3.90. The molecule has 0 aromatic heterocycles. The number of hydrogen-bond donors (Lipinski definition) is 2. The molecule has 0 amide bonds. The molecule has 0 atom stereocenters. The van der Waals surface area contributed by atoms with Crippen molar-refractivity contribution in [1.29, 1.82) is 0 Å². The van der Waals surface area contributed by atoms with Crippen molar-refractivity contribution in [3.05, 3.63) is 17.7 Å². The minimum atomic E-state index is 0.421. The van der Waals surface area contributed by atoms with E-state index in [4.69, 9.17) is 14.2 Å². The minimum absolute atomic E-state index is 0.421. The zero-order valence-electron chi connectivity index (χ0n) is 16.8. The third-order valence-electron chi connectivity index (χ3n) is 5.45. The number of benzene rings is 1. The summed E-state index contributed by atoms with van der Waals surface area (Å²) in [5.74, 6) is 2.73. The lowest BCUT2D eigenvalue weighted by Gasteiger charge is -2.28. The Morgan fingerprint density at radius 1 is 1.04 bits per heavy atom. The summed E-state index contributed by atoms with van der Waals surface area (Å²) in [5, 5.41) is 6.88. The Bertz CT molecular complexity index is 585. The molecule has 0 heterocycles. The van der Waals surface area contributed by atoms with E-state index in [1.54, 1.807) is 28.4 Å². The topological polar surface area (TPSA) is 64.1 Å². The summed E-state index contributed by atoms with van der Waals surface area (Å²) in [6.07, 6.45) is 6.50. The molecule has 0 aliphatic heterocycles. The van der Waals surface area contributed by atoms with Gasteiger partial charge in [-0.3, -0.25) is 4.99 Å². The van der Waals surface area contributed by atoms with E-state index in [1.807, 2.05) is 12.1 Å². The quantitative estimate of drug-likeness (QED) is 0.548. The van der Waals surface area contributed by atoms with Crippen LogP contribution in [0.3, 0.4) is 0 Å². The van der Waals surface area contributed by atoms with Gasteiger partial charge in [0.05, 0.1) is 21.3 Å². The van der Waals surface area contributed by atoms with Crippen LogP contribution in [0.5, 0.6) is 17.2 Å². The summed E-state index contributed by atoms with van der Waals surface area (Å²) in [4.78, 5) is 4.36. The zero-order chi connectivity index (χ0) is 19.0. The van der Waals surface area contributed by atoms with Crippen molar-refractivity contribution in [3.63, 3.8) is 0 Å². The van der Waals surface area contributed by atoms with Gasteiger partial charge >= 0.3 is 0 Å². The minimum Gasteiger partial charge on any atom is -0.493 e. The number of hydrogen-bond acceptors (Lipinski definition) is 4. The predicted molar refractivity (Wildman–Crippen MR) is 105 cm³/mol. The maximum absolute atomic E-state index is 5.42. The average molecular weight is 364 g/mol. The van der Waals surface area contributed by atoms with Crippen molar-refractivity contribution in [2.24, 2.45) is 10.4 Å². The second kappa shape index (κ2) is 9.55. The van der Waals surface area contributed by atoms with Crippen LogP contribution in [0.25, 0.3) is 0 Å². The fourth-order valence-electron chi connectivity index (χ4n) is 3.70. The molecule has 2 N–H and O–H groups in total. The van der Waals surface area contributed by atoms with Gasteiger partial charge < -0.3 is 24.8 Å². The molecule has 2 rings (SSSR count). The van der Waals surface area contributed by atoms with Crippen LogP contribution in [0.15, 0.2) is 17.1 Å². The molecule has 1 aromatic carbocycles. The van der Waals surface area contributed by atoms with Crippen molar-refractivity contribution in [2.75, 3.05) is 34.9 Å². The number of nitrogens with one attached hydrogen (secondary N) is 2. The maximum Gasteiger partial charge on any atom is 0.203 e. The van der Waals surface area contributed by atoms with E-state index in [-0.39, 0.29) is 0 Å². The molecule has 146 valence electrons. The number of nitrogens with zero attached hydrogens (tertiary/aromatic N) is 1. The van der Waals surface area contributed by atoms with E-state index in [0.29, 0.717) is 29.2 Å². The molecule has 0 unspecified atom stereocenters. The molecule has 6 heteroatoms. The lowest BCUT2D eigenvalue weighted by atomic mass is 9.83. The highest BCUT2D eigenvalue weighted by Crippen LogP contribution is 2.40. The number of rotatable bonds is 8. The molecular formula is C20H33N3O3. The van der Waals surface area contributed by atoms with Crippen molar-refractivity contribution >= 4 is 5.96 Å². The molecular weight excluding hydrogens is 330 g/mol. The van der Waals surface area contributed by atoms with E-state index >= 15 is 0 Å². The van der Waals surface area contributed by atoms with Gasteiger partial charge in [0.15, 0.2) is 17.5 Å². The van der Waals surface area contributed by atoms with Crippen LogP contribution in [0.2, 0.25) is 0 Å². The molecule has 0 saturated heterocycles. The zero-order valence-corrected chi connectivity index (χ0v) is 16.8. The molecule has 6 nitrogen and oxygen atoms in total. The fourth-order valence-corrected chi connectivity index (χ4v) is 3.70. The average Bonchev–Trinajstić information content (AvgIpc) is 3.16. The van der Waals surface area contributed by atoms with Crippen LogP contribution in [0.4, 0.5) is 0 Å². The Labute approximate surface area is 157 Å². The molecule has 26 heavy (non-hydrogen) atoms. The van der Waals surface area contributed by atoms with Gasteiger partial charge in [-0.2, -0.15) is 0 Å². The monoisotopic (exact) mass is 363 g/mol. The largest absolute Gasteiger partial charge is 0.493 e. The highest BCUT2D eigenvalue weighted by Gasteiger charge is 2.31. The van der Waals surface area contributed by atoms with Crippen molar-refractivity contribution in [3.8, 4) is 17.2 Å².